The molecule has 0 spiro atoms. The van der Waals surface area contributed by atoms with Crippen molar-refractivity contribution in [2.45, 2.75) is 0 Å². The third-order valence-corrected chi connectivity index (χ3v) is 9.87. The van der Waals surface area contributed by atoms with Gasteiger partial charge in [0.25, 0.3) is 0 Å². The number of rotatable bonds is 2. The highest BCUT2D eigenvalue weighted by molar-refractivity contribution is 14.1. The minimum Gasteiger partial charge on any atom is -0.203 e. The van der Waals surface area contributed by atoms with Crippen LogP contribution in [-0.4, -0.2) is 30.0 Å². The molecule has 0 saturated heterocycles. The number of fused-ring (bicyclic) bond motifs is 2. The first kappa shape index (κ1) is 23.3. The predicted molar refractivity (Wildman–Crippen MR) is 164 cm³/mol. The summed E-state index contributed by atoms with van der Waals surface area (Å²) >= 11 is 12.6. The molecule has 6 nitrogen and oxygen atoms in total. The van der Waals surface area contributed by atoms with E-state index < -0.39 is 0 Å². The van der Waals surface area contributed by atoms with Crippen LogP contribution in [0, 0.1) is 12.9 Å². The second-order valence-electron chi connectivity index (χ2n) is 6.37. The van der Waals surface area contributed by atoms with E-state index in [9.17, 15) is 0 Å². The molecule has 4 heterocycles. The molecule has 160 valence electrons. The van der Waals surface area contributed by atoms with Crippen molar-refractivity contribution in [1.29, 1.82) is 0 Å². The monoisotopic (exact) mass is 906 g/mol. The molecule has 0 radical (unpaired) electrons. The molecule has 4 aromatic heterocycles. The van der Waals surface area contributed by atoms with E-state index in [-0.39, 0.29) is 0 Å². The first-order chi connectivity index (χ1) is 15.5. The lowest BCUT2D eigenvalue weighted by Gasteiger charge is -1.97. The summed E-state index contributed by atoms with van der Waals surface area (Å²) < 4.78 is 8.55. The molecule has 6 aromatic rings. The van der Waals surface area contributed by atoms with Crippen LogP contribution in [0.4, 0.5) is 0 Å². The van der Waals surface area contributed by atoms with Crippen molar-refractivity contribution in [3.05, 3.63) is 73.6 Å². The molecule has 0 atom stereocenters. The Balaban J connectivity index is 0.000000135. The Hall–Kier alpha value is -0.440. The molecule has 0 saturated carbocycles. The molecule has 0 aliphatic carbocycles. The third-order valence-electron chi connectivity index (χ3n) is 4.39. The Kier molecular flexibility index (Phi) is 7.32. The van der Waals surface area contributed by atoms with Crippen LogP contribution in [0.1, 0.15) is 0 Å². The normalized spacial score (nSPS) is 11.1. The van der Waals surface area contributed by atoms with Gasteiger partial charge in [-0.1, -0.05) is 22.6 Å². The topological polar surface area (TPSA) is 61.4 Å². The highest BCUT2D eigenvalue weighted by Gasteiger charge is 2.11. The highest BCUT2D eigenvalue weighted by atomic mass is 127. The summed E-state index contributed by atoms with van der Waals surface area (Å²) in [6, 6.07) is 20.5. The fourth-order valence-electron chi connectivity index (χ4n) is 2.99. The summed E-state index contributed by atoms with van der Waals surface area (Å²) in [6.45, 7) is 0. The van der Waals surface area contributed by atoms with E-state index in [1.54, 1.807) is 22.7 Å². The van der Waals surface area contributed by atoms with Crippen LogP contribution in [-0.2, 0) is 0 Å². The van der Waals surface area contributed by atoms with Gasteiger partial charge in [0.05, 0.1) is 16.8 Å². The fraction of sp³-hybridized carbons (Fsp3) is 0. The molecule has 0 bridgehead atoms. The van der Waals surface area contributed by atoms with Crippen molar-refractivity contribution in [2.75, 3.05) is 0 Å². The van der Waals surface area contributed by atoms with Gasteiger partial charge in [-0.25, -0.2) is 9.36 Å². The van der Waals surface area contributed by atoms with Gasteiger partial charge in [0.15, 0.2) is 0 Å². The van der Waals surface area contributed by atoms with Gasteiger partial charge in [-0.2, -0.15) is 0 Å². The number of thiophene rings is 2. The Morgan fingerprint density at radius 2 is 1.00 bits per heavy atom. The zero-order valence-corrected chi connectivity index (χ0v) is 26.0. The fourth-order valence-corrected chi connectivity index (χ4v) is 7.27. The Labute approximate surface area is 245 Å². The van der Waals surface area contributed by atoms with Gasteiger partial charge in [-0.3, -0.25) is 0 Å². The quantitative estimate of drug-likeness (QED) is 0.170. The molecule has 0 fully saturated rings. The largest absolute Gasteiger partial charge is 0.203 e. The van der Waals surface area contributed by atoms with Gasteiger partial charge < -0.3 is 0 Å². The Bertz CT molecular complexity index is 1430. The summed E-state index contributed by atoms with van der Waals surface area (Å²) in [5.41, 5.74) is 4.05. The summed E-state index contributed by atoms with van der Waals surface area (Å²) in [6.07, 6.45) is 0. The summed E-state index contributed by atoms with van der Waals surface area (Å²) in [5, 5.41) is 19.1. The van der Waals surface area contributed by atoms with Crippen molar-refractivity contribution >= 4 is 135 Å². The second kappa shape index (κ2) is 10.0. The number of nitrogens with zero attached hydrogens (tertiary/aromatic N) is 6. The van der Waals surface area contributed by atoms with Gasteiger partial charge in [0, 0.05) is 7.14 Å². The lowest BCUT2D eigenvalue weighted by Crippen LogP contribution is -1.92. The maximum atomic E-state index is 4.21. The molecule has 0 aliphatic rings. The number of hydrogen-bond donors (Lipinski definition) is 0. The maximum Gasteiger partial charge on any atom is 0.127 e. The van der Waals surface area contributed by atoms with Crippen LogP contribution in [0.2, 0.25) is 0 Å². The van der Waals surface area contributed by atoms with Crippen LogP contribution >= 0.6 is 113 Å². The molecule has 0 amide bonds. The average molecular weight is 906 g/mol. The molecule has 6 rings (SSSR count). The minimum absolute atomic E-state index is 0.964. The van der Waals surface area contributed by atoms with E-state index in [1.807, 2.05) is 45.8 Å². The maximum absolute atomic E-state index is 4.21. The summed E-state index contributed by atoms with van der Waals surface area (Å²) in [5.74, 6) is 0. The number of hydrogen-bond acceptors (Lipinski definition) is 6. The lowest BCUT2D eigenvalue weighted by atomic mass is 10.3. The van der Waals surface area contributed by atoms with Crippen molar-refractivity contribution in [3.8, 4) is 10.0 Å². The van der Waals surface area contributed by atoms with E-state index in [0.29, 0.717) is 0 Å². The van der Waals surface area contributed by atoms with Crippen LogP contribution < -0.4 is 0 Å². The van der Waals surface area contributed by atoms with Gasteiger partial charge in [-0.15, -0.1) is 32.9 Å². The molecule has 2 aromatic carbocycles. The molecule has 0 N–H and O–H groups in total. The molecule has 32 heavy (non-hydrogen) atoms. The van der Waals surface area contributed by atoms with Gasteiger partial charge in [0.1, 0.15) is 21.0 Å². The van der Waals surface area contributed by atoms with Gasteiger partial charge >= 0.3 is 0 Å². The van der Waals surface area contributed by atoms with E-state index in [1.165, 1.54) is 5.77 Å². The summed E-state index contributed by atoms with van der Waals surface area (Å²) in [7, 11) is 0. The predicted octanol–water partition coefficient (Wildman–Crippen LogP) is 7.38. The van der Waals surface area contributed by atoms with Gasteiger partial charge in [-0.05, 0) is 139 Å². The Morgan fingerprint density at radius 3 is 1.38 bits per heavy atom. The van der Waals surface area contributed by atoms with Crippen LogP contribution in [0.15, 0.2) is 60.7 Å². The summed E-state index contributed by atoms with van der Waals surface area (Å²) in [4.78, 5) is 0. The molecule has 12 heteroatoms. The molecule has 0 aliphatic heterocycles. The number of aromatic nitrogens is 6. The third kappa shape index (κ3) is 4.71. The standard InChI is InChI=1S/2C10H5I2N3S/c2*11-6-2-1-3-7-10(6)13-14-15(7)9-5-4-8(12)16-9/h2*1-5H. The van der Waals surface area contributed by atoms with Crippen molar-refractivity contribution in [1.82, 2.24) is 30.0 Å². The average Bonchev–Trinajstić information content (AvgIpc) is 3.55. The smallest absolute Gasteiger partial charge is 0.127 e. The molecule has 0 unspecified atom stereocenters. The van der Waals surface area contributed by atoms with E-state index >= 15 is 0 Å². The van der Waals surface area contributed by atoms with Crippen molar-refractivity contribution < 1.29 is 0 Å². The first-order valence-corrected chi connectivity index (χ1v) is 15.0. The van der Waals surface area contributed by atoms with E-state index in [2.05, 4.69) is 135 Å². The first-order valence-electron chi connectivity index (χ1n) is 9.02. The van der Waals surface area contributed by atoms with Crippen LogP contribution in [0.25, 0.3) is 32.1 Å². The molecular formula is C20H10I4N6S2. The van der Waals surface area contributed by atoms with Crippen molar-refractivity contribution in [3.63, 3.8) is 0 Å². The SMILES string of the molecule is Ic1ccc(-n2nnc3c(I)cccc32)s1.Ic1ccc(-n2nnc3c(I)cccc32)s1. The van der Waals surface area contributed by atoms with E-state index in [0.717, 1.165) is 39.2 Å². The lowest BCUT2D eigenvalue weighted by molar-refractivity contribution is 0.835. The number of halogens is 4. The van der Waals surface area contributed by atoms with Gasteiger partial charge in [0.2, 0.25) is 0 Å². The highest BCUT2D eigenvalue weighted by Crippen LogP contribution is 2.27. The zero-order valence-electron chi connectivity index (χ0n) is 15.8. The van der Waals surface area contributed by atoms with Crippen LogP contribution in [0.5, 0.6) is 0 Å². The second-order valence-corrected chi connectivity index (χ2v) is 14.6. The molecular weight excluding hydrogens is 896 g/mol. The van der Waals surface area contributed by atoms with Crippen LogP contribution in [0.3, 0.4) is 0 Å². The van der Waals surface area contributed by atoms with Crippen molar-refractivity contribution in [2.24, 2.45) is 0 Å². The zero-order chi connectivity index (χ0) is 22.2. The van der Waals surface area contributed by atoms with E-state index in [4.69, 9.17) is 0 Å². The number of benzene rings is 2. The minimum atomic E-state index is 0.964. The Morgan fingerprint density at radius 1 is 0.562 bits per heavy atom.